The van der Waals surface area contributed by atoms with Crippen LogP contribution in [0.4, 0.5) is 26.3 Å². The smallest absolute Gasteiger partial charge is 0.221 e. The second-order valence-electron chi connectivity index (χ2n) is 1.98. The van der Waals surface area contributed by atoms with Gasteiger partial charge in [-0.25, -0.2) is 27.1 Å². The first kappa shape index (κ1) is 22.5. The fraction of sp³-hybridized carbons (Fsp3) is 1.00. The van der Waals surface area contributed by atoms with Gasteiger partial charge in [0.25, 0.3) is 0 Å². The van der Waals surface area contributed by atoms with Gasteiger partial charge in [0.1, 0.15) is 0 Å². The Morgan fingerprint density at radius 1 is 0.647 bits per heavy atom. The first-order valence-corrected chi connectivity index (χ1v) is 5.77. The van der Waals surface area contributed by atoms with E-state index >= 15 is 0 Å². The molecule has 0 spiro atoms. The Balaban J connectivity index is -0.000000218. The molecule has 0 unspecified atom stereocenters. The van der Waals surface area contributed by atoms with Crippen molar-refractivity contribution in [3.63, 3.8) is 0 Å². The minimum absolute atomic E-state index is 0. The number of hydrogen-bond donors (Lipinski definition) is 2. The number of hydrogen-bond acceptors (Lipinski definition) is 4. The van der Waals surface area contributed by atoms with E-state index in [9.17, 15) is 43.2 Å². The Bertz CT molecular complexity index is 380. The molecule has 0 atom stereocenters. The third-order valence-electron chi connectivity index (χ3n) is 0.645. The first-order valence-electron chi connectivity index (χ1n) is 2.68. The summed E-state index contributed by atoms with van der Waals surface area (Å²) >= 11 is 0. The molecule has 0 radical (unpaired) electrons. The Labute approximate surface area is 110 Å². The molecule has 0 heterocycles. The molecule has 100 valence electrons. The molecule has 0 aliphatic rings. The Morgan fingerprint density at radius 2 is 0.706 bits per heavy atom. The molecule has 0 aliphatic carbocycles. The molecule has 15 heteroatoms. The van der Waals surface area contributed by atoms with Crippen LogP contribution in [0.25, 0.3) is 0 Å². The van der Waals surface area contributed by atoms with Crippen molar-refractivity contribution in [1.82, 2.24) is 0 Å². The summed E-state index contributed by atoms with van der Waals surface area (Å²) in [5.74, 6) is 0. The normalized spacial score (nSPS) is 13.2. The van der Waals surface area contributed by atoms with Crippen LogP contribution in [0, 0.1) is 0 Å². The molecule has 0 aromatic rings. The van der Waals surface area contributed by atoms with Crippen LogP contribution < -0.4 is 10.3 Å². The molecule has 0 saturated carbocycles. The molecule has 0 aliphatic heterocycles. The Morgan fingerprint density at radius 3 is 0.706 bits per heavy atom. The molecule has 0 fully saturated rings. The predicted molar refractivity (Wildman–Crippen MR) is 44.1 cm³/mol. The maximum Gasteiger partial charge on any atom is 3.00 e. The Kier molecular flexibility index (Phi) is 8.51. The molecule has 4 N–H and O–H groups in total. The van der Waals surface area contributed by atoms with Gasteiger partial charge in [-0.15, -0.1) is 0 Å². The van der Waals surface area contributed by atoms with Crippen molar-refractivity contribution in [2.75, 3.05) is 0 Å². The quantitative estimate of drug-likeness (QED) is 0.506. The largest absolute Gasteiger partial charge is 3.00 e. The zero-order valence-corrected chi connectivity index (χ0v) is 12.4. The zero-order valence-electron chi connectivity index (χ0n) is 7.45. The monoisotopic (exact) mass is 413 g/mol. The van der Waals surface area contributed by atoms with Crippen LogP contribution in [0.3, 0.4) is 0 Å². The number of nitrogens with two attached hydrogens (primary N) is 2. The van der Waals surface area contributed by atoms with Crippen LogP contribution >= 0.6 is 0 Å². The molecule has 0 rings (SSSR count). The number of sulfonamides is 2. The number of primary sulfonamides is 2. The molecule has 0 saturated heterocycles. The second kappa shape index (κ2) is 6.44. The van der Waals surface area contributed by atoms with Crippen molar-refractivity contribution in [3.05, 3.63) is 0 Å². The second-order valence-corrected chi connectivity index (χ2v) is 5.09. The summed E-state index contributed by atoms with van der Waals surface area (Å²) in [5, 5.41) is 7.32. The van der Waals surface area contributed by atoms with Crippen molar-refractivity contribution in [2.24, 2.45) is 10.3 Å². The minimum atomic E-state index is -5.34. The maximum atomic E-state index is 10.8. The van der Waals surface area contributed by atoms with Crippen molar-refractivity contribution in [3.8, 4) is 0 Å². The third-order valence-corrected chi connectivity index (χ3v) is 1.94. The molecule has 6 nitrogen and oxygen atoms in total. The van der Waals surface area contributed by atoms with E-state index < -0.39 is 31.1 Å². The third kappa shape index (κ3) is 9.93. The standard InChI is InChI=1S/2CH2F3NO2S.In/c2*2-1(3,4)8(5,6)7;/h2*(H2,5,6,7);/q;;+3. The fourth-order valence-corrected chi connectivity index (χ4v) is 0. The summed E-state index contributed by atoms with van der Waals surface area (Å²) in [6.45, 7) is 0. The molecule has 0 aromatic carbocycles. The van der Waals surface area contributed by atoms with Gasteiger partial charge in [0, 0.05) is 0 Å². The summed E-state index contributed by atoms with van der Waals surface area (Å²) in [7, 11) is -10.7. The van der Waals surface area contributed by atoms with Gasteiger partial charge >= 0.3 is 56.9 Å². The number of halogens is 6. The van der Waals surface area contributed by atoms with Gasteiger partial charge in [0.05, 0.1) is 0 Å². The molecule has 0 amide bonds. The van der Waals surface area contributed by atoms with Crippen molar-refractivity contribution < 1.29 is 43.2 Å². The van der Waals surface area contributed by atoms with E-state index in [1.54, 1.807) is 0 Å². The average Bonchev–Trinajstić information content (AvgIpc) is 1.77. The molecule has 17 heavy (non-hydrogen) atoms. The zero-order chi connectivity index (χ0) is 14.0. The van der Waals surface area contributed by atoms with Crippen LogP contribution in [0.2, 0.25) is 0 Å². The minimum Gasteiger partial charge on any atom is -0.221 e. The van der Waals surface area contributed by atoms with Gasteiger partial charge in [-0.2, -0.15) is 26.3 Å². The van der Waals surface area contributed by atoms with E-state index in [4.69, 9.17) is 0 Å². The predicted octanol–water partition coefficient (Wildman–Crippen LogP) is -0.791. The van der Waals surface area contributed by atoms with Gasteiger partial charge in [-0.1, -0.05) is 0 Å². The molecule has 0 aromatic heterocycles. The van der Waals surface area contributed by atoms with E-state index in [1.807, 2.05) is 0 Å². The fourth-order valence-electron chi connectivity index (χ4n) is 0. The van der Waals surface area contributed by atoms with Crippen LogP contribution in [0.5, 0.6) is 0 Å². The maximum absolute atomic E-state index is 10.8. The SMILES string of the molecule is NS(=O)(=O)C(F)(F)F.NS(=O)(=O)C(F)(F)F.[In+3]. The van der Waals surface area contributed by atoms with E-state index in [-0.39, 0.29) is 25.8 Å². The number of alkyl halides is 6. The van der Waals surface area contributed by atoms with Crippen LogP contribution in [0.1, 0.15) is 0 Å². The van der Waals surface area contributed by atoms with E-state index in [0.29, 0.717) is 0 Å². The summed E-state index contributed by atoms with van der Waals surface area (Å²) in [6.07, 6.45) is 0. The number of rotatable bonds is 0. The van der Waals surface area contributed by atoms with Crippen molar-refractivity contribution in [2.45, 2.75) is 11.0 Å². The van der Waals surface area contributed by atoms with E-state index in [0.717, 1.165) is 0 Å². The van der Waals surface area contributed by atoms with Gasteiger partial charge < -0.3 is 0 Å². The van der Waals surface area contributed by atoms with Crippen LogP contribution in [-0.2, 0) is 20.0 Å². The first-order chi connectivity index (χ1) is 6.50. The summed E-state index contributed by atoms with van der Waals surface area (Å²) in [4.78, 5) is 0. The summed E-state index contributed by atoms with van der Waals surface area (Å²) < 4.78 is 102. The van der Waals surface area contributed by atoms with Crippen molar-refractivity contribution >= 4 is 45.9 Å². The van der Waals surface area contributed by atoms with E-state index in [2.05, 4.69) is 10.3 Å². The van der Waals surface area contributed by atoms with Gasteiger partial charge in [0.15, 0.2) is 0 Å². The molecular weight excluding hydrogens is 409 g/mol. The average molecular weight is 413 g/mol. The molecular formula is C2H4F6InN2O4S2+3. The summed E-state index contributed by atoms with van der Waals surface area (Å²) in [5.41, 5.74) is -10.6. The van der Waals surface area contributed by atoms with Crippen LogP contribution in [-0.4, -0.2) is 53.7 Å². The van der Waals surface area contributed by atoms with Gasteiger partial charge in [0.2, 0.25) is 0 Å². The summed E-state index contributed by atoms with van der Waals surface area (Å²) in [6, 6.07) is 0. The van der Waals surface area contributed by atoms with Crippen molar-refractivity contribution in [1.29, 1.82) is 0 Å². The van der Waals surface area contributed by atoms with Gasteiger partial charge in [-0.3, -0.25) is 0 Å². The topological polar surface area (TPSA) is 120 Å². The van der Waals surface area contributed by atoms with E-state index in [1.165, 1.54) is 0 Å². The van der Waals surface area contributed by atoms with Crippen LogP contribution in [0.15, 0.2) is 0 Å². The molecule has 0 bridgehead atoms. The van der Waals surface area contributed by atoms with Gasteiger partial charge in [-0.05, 0) is 0 Å². The Hall–Kier alpha value is 0.270.